The lowest BCUT2D eigenvalue weighted by Crippen LogP contribution is -2.44. The minimum atomic E-state index is -3.29. The highest BCUT2D eigenvalue weighted by molar-refractivity contribution is 7.89. The van der Waals surface area contributed by atoms with E-state index in [-0.39, 0.29) is 24.1 Å². The Balaban J connectivity index is 1.73. The minimum Gasteiger partial charge on any atom is -0.378 e. The molecule has 7 nitrogen and oxygen atoms in total. The van der Waals surface area contributed by atoms with Crippen LogP contribution in [0.5, 0.6) is 0 Å². The molecule has 1 atom stereocenters. The van der Waals surface area contributed by atoms with E-state index in [9.17, 15) is 13.2 Å². The topological polar surface area (TPSA) is 79.0 Å². The number of amides is 1. The van der Waals surface area contributed by atoms with Crippen molar-refractivity contribution in [2.24, 2.45) is 5.92 Å². The third kappa shape index (κ3) is 5.17. The molecule has 0 bridgehead atoms. The molecule has 2 aliphatic heterocycles. The van der Waals surface area contributed by atoms with Crippen molar-refractivity contribution in [3.05, 3.63) is 23.2 Å². The van der Waals surface area contributed by atoms with E-state index >= 15 is 0 Å². The number of hydrogen-bond acceptors (Lipinski definition) is 5. The van der Waals surface area contributed by atoms with Gasteiger partial charge in [-0.25, -0.2) is 12.7 Å². The second-order valence-electron chi connectivity index (χ2n) is 7.26. The number of ether oxygens (including phenoxy) is 1. The molecule has 2 aliphatic rings. The van der Waals surface area contributed by atoms with Gasteiger partial charge in [-0.1, -0.05) is 18.5 Å². The number of nitrogens with zero attached hydrogens (tertiary/aromatic N) is 2. The Morgan fingerprint density at radius 3 is 2.75 bits per heavy atom. The van der Waals surface area contributed by atoms with Gasteiger partial charge in [-0.05, 0) is 37.5 Å². The van der Waals surface area contributed by atoms with Crippen LogP contribution in [0.15, 0.2) is 18.2 Å². The fourth-order valence-electron chi connectivity index (χ4n) is 3.72. The van der Waals surface area contributed by atoms with Gasteiger partial charge in [-0.15, -0.1) is 0 Å². The lowest BCUT2D eigenvalue weighted by Gasteiger charge is -2.33. The van der Waals surface area contributed by atoms with Gasteiger partial charge in [0.15, 0.2) is 0 Å². The summed E-state index contributed by atoms with van der Waals surface area (Å²) in [4.78, 5) is 15.1. The van der Waals surface area contributed by atoms with Crippen LogP contribution in [0.2, 0.25) is 5.02 Å². The van der Waals surface area contributed by atoms with E-state index in [4.69, 9.17) is 16.3 Å². The zero-order valence-electron chi connectivity index (χ0n) is 16.2. The Labute approximate surface area is 172 Å². The van der Waals surface area contributed by atoms with E-state index in [0.717, 1.165) is 18.8 Å². The van der Waals surface area contributed by atoms with Crippen molar-refractivity contribution in [3.8, 4) is 0 Å². The molecule has 3 rings (SSSR count). The molecular formula is C19H28ClN3O4S. The Kier molecular flexibility index (Phi) is 7.20. The number of carbonyl (C=O) groups excluding carboxylic acids is 1. The average molecular weight is 430 g/mol. The first-order valence-corrected chi connectivity index (χ1v) is 11.8. The molecule has 2 saturated heterocycles. The van der Waals surface area contributed by atoms with Gasteiger partial charge in [0.2, 0.25) is 15.9 Å². The summed E-state index contributed by atoms with van der Waals surface area (Å²) >= 11 is 6.16. The second kappa shape index (κ2) is 9.43. The molecule has 1 aromatic rings. The molecule has 0 aliphatic carbocycles. The summed E-state index contributed by atoms with van der Waals surface area (Å²) in [5.41, 5.74) is 1.57. The molecule has 1 amide bonds. The molecule has 0 radical (unpaired) electrons. The molecule has 0 unspecified atom stereocenters. The number of rotatable bonds is 6. The number of carbonyl (C=O) groups is 1. The maximum atomic E-state index is 12.9. The van der Waals surface area contributed by atoms with E-state index in [2.05, 4.69) is 10.2 Å². The molecule has 0 aromatic heterocycles. The quantitative estimate of drug-likeness (QED) is 0.751. The Bertz CT molecular complexity index is 796. The van der Waals surface area contributed by atoms with E-state index in [1.807, 2.05) is 19.1 Å². The van der Waals surface area contributed by atoms with Crippen molar-refractivity contribution < 1.29 is 17.9 Å². The smallest absolute Gasteiger partial charge is 0.228 e. The summed E-state index contributed by atoms with van der Waals surface area (Å²) in [5, 5.41) is 3.54. The number of sulfonamides is 1. The molecular weight excluding hydrogens is 402 g/mol. The van der Waals surface area contributed by atoms with Crippen LogP contribution in [0.1, 0.15) is 26.2 Å². The lowest BCUT2D eigenvalue weighted by molar-refractivity contribution is -0.120. The van der Waals surface area contributed by atoms with E-state index in [1.165, 1.54) is 4.31 Å². The molecule has 0 saturated carbocycles. The number of hydrogen-bond donors (Lipinski definition) is 1. The first-order valence-electron chi connectivity index (χ1n) is 9.81. The van der Waals surface area contributed by atoms with Crippen LogP contribution in [0, 0.1) is 5.92 Å². The summed E-state index contributed by atoms with van der Waals surface area (Å²) in [7, 11) is -3.29. The SMILES string of the molecule is CCCS(=O)(=O)N1CCC[C@@H](C(=O)Nc2cc(Cl)ccc2N2CCOCC2)C1. The van der Waals surface area contributed by atoms with Crippen LogP contribution in [0.4, 0.5) is 11.4 Å². The molecule has 2 fully saturated rings. The van der Waals surface area contributed by atoms with Crippen LogP contribution in [0.3, 0.4) is 0 Å². The molecule has 28 heavy (non-hydrogen) atoms. The van der Waals surface area contributed by atoms with Gasteiger partial charge in [0, 0.05) is 31.2 Å². The summed E-state index contributed by atoms with van der Waals surface area (Å²) in [6.45, 7) is 5.35. The lowest BCUT2D eigenvalue weighted by atomic mass is 9.98. The molecule has 9 heteroatoms. The number of morpholine rings is 1. The van der Waals surface area contributed by atoms with Crippen molar-refractivity contribution in [1.82, 2.24) is 4.31 Å². The van der Waals surface area contributed by atoms with Crippen LogP contribution in [-0.2, 0) is 19.6 Å². The normalized spacial score (nSPS) is 21.5. The predicted molar refractivity (Wildman–Crippen MR) is 111 cm³/mol. The van der Waals surface area contributed by atoms with Crippen molar-refractivity contribution in [1.29, 1.82) is 0 Å². The summed E-state index contributed by atoms with van der Waals surface area (Å²) in [6, 6.07) is 5.46. The zero-order valence-corrected chi connectivity index (χ0v) is 17.8. The van der Waals surface area contributed by atoms with Crippen molar-refractivity contribution in [2.45, 2.75) is 26.2 Å². The Morgan fingerprint density at radius 1 is 1.29 bits per heavy atom. The Morgan fingerprint density at radius 2 is 2.04 bits per heavy atom. The Hall–Kier alpha value is -1.35. The number of anilines is 2. The fraction of sp³-hybridized carbons (Fsp3) is 0.632. The van der Waals surface area contributed by atoms with Gasteiger partial charge in [0.25, 0.3) is 0 Å². The van der Waals surface area contributed by atoms with Gasteiger partial charge in [0.1, 0.15) is 0 Å². The van der Waals surface area contributed by atoms with Gasteiger partial charge >= 0.3 is 0 Å². The maximum Gasteiger partial charge on any atom is 0.228 e. The standard InChI is InChI=1S/C19H28ClN3O4S/c1-2-12-28(25,26)23-7-3-4-15(14-23)19(24)21-17-13-16(20)5-6-18(17)22-8-10-27-11-9-22/h5-6,13,15H,2-4,7-12,14H2,1H3,(H,21,24)/t15-/m1/s1. The fourth-order valence-corrected chi connectivity index (χ4v) is 5.48. The van der Waals surface area contributed by atoms with Gasteiger partial charge in [-0.3, -0.25) is 4.79 Å². The van der Waals surface area contributed by atoms with Crippen LogP contribution >= 0.6 is 11.6 Å². The largest absolute Gasteiger partial charge is 0.378 e. The van der Waals surface area contributed by atoms with Gasteiger partial charge in [-0.2, -0.15) is 0 Å². The third-order valence-corrected chi connectivity index (χ3v) is 7.46. The van der Waals surface area contributed by atoms with Gasteiger partial charge in [0.05, 0.1) is 36.3 Å². The number of benzene rings is 1. The predicted octanol–water partition coefficient (Wildman–Crippen LogP) is 2.57. The number of piperidine rings is 1. The molecule has 2 heterocycles. The highest BCUT2D eigenvalue weighted by Gasteiger charge is 2.32. The van der Waals surface area contributed by atoms with Crippen LogP contribution < -0.4 is 10.2 Å². The van der Waals surface area contributed by atoms with Crippen molar-refractivity contribution in [3.63, 3.8) is 0 Å². The highest BCUT2D eigenvalue weighted by atomic mass is 35.5. The number of halogens is 1. The van der Waals surface area contributed by atoms with Crippen LogP contribution in [0.25, 0.3) is 0 Å². The summed E-state index contributed by atoms with van der Waals surface area (Å²) < 4.78 is 31.6. The minimum absolute atomic E-state index is 0.122. The van der Waals surface area contributed by atoms with Gasteiger partial charge < -0.3 is 15.0 Å². The van der Waals surface area contributed by atoms with Crippen molar-refractivity contribution in [2.75, 3.05) is 55.4 Å². The first kappa shape index (κ1) is 21.4. The maximum absolute atomic E-state index is 12.9. The molecule has 1 aromatic carbocycles. The summed E-state index contributed by atoms with van der Waals surface area (Å²) in [5.74, 6) is -0.401. The molecule has 0 spiro atoms. The molecule has 156 valence electrons. The first-order chi connectivity index (χ1) is 13.4. The molecule has 1 N–H and O–H groups in total. The second-order valence-corrected chi connectivity index (χ2v) is 9.79. The summed E-state index contributed by atoms with van der Waals surface area (Å²) in [6.07, 6.45) is 1.94. The van der Waals surface area contributed by atoms with E-state index < -0.39 is 10.0 Å². The van der Waals surface area contributed by atoms with E-state index in [1.54, 1.807) is 6.07 Å². The van der Waals surface area contributed by atoms with E-state index in [0.29, 0.717) is 49.7 Å². The highest BCUT2D eigenvalue weighted by Crippen LogP contribution is 2.31. The van der Waals surface area contributed by atoms with Crippen LogP contribution in [-0.4, -0.2) is 63.8 Å². The monoisotopic (exact) mass is 429 g/mol. The van der Waals surface area contributed by atoms with Crippen molar-refractivity contribution >= 4 is 38.9 Å². The third-order valence-electron chi connectivity index (χ3n) is 5.18. The zero-order chi connectivity index (χ0) is 20.1. The average Bonchev–Trinajstić information content (AvgIpc) is 2.69. The number of nitrogens with one attached hydrogen (secondary N) is 1.